The number of fused-ring (bicyclic) bond motifs is 1. The molecule has 0 aliphatic carbocycles. The molecule has 6 N–H and O–H groups in total. The molecule has 1 aliphatic rings. The van der Waals surface area contributed by atoms with E-state index < -0.39 is 42.1 Å². The number of benzene rings is 1. The van der Waals surface area contributed by atoms with Crippen molar-refractivity contribution >= 4 is 58.3 Å². The molecule has 3 heterocycles. The number of imide groups is 1. The van der Waals surface area contributed by atoms with Crippen LogP contribution in [-0.2, 0) is 30.6 Å². The molecule has 0 bridgehead atoms. The zero-order valence-electron chi connectivity index (χ0n) is 21.2. The van der Waals surface area contributed by atoms with E-state index in [9.17, 15) is 24.0 Å². The highest BCUT2D eigenvalue weighted by molar-refractivity contribution is 6.02. The van der Waals surface area contributed by atoms with Crippen LogP contribution in [0.15, 0.2) is 30.5 Å². The monoisotopic (exact) mass is 551 g/mol. The van der Waals surface area contributed by atoms with Crippen LogP contribution < -0.4 is 21.7 Å². The maximum Gasteiger partial charge on any atom is 0.355 e. The molecule has 3 amide bonds. The number of carbonyl (C=O) groups is 5. The van der Waals surface area contributed by atoms with E-state index in [1.807, 2.05) is 4.90 Å². The number of hydrogen-bond acceptors (Lipinski definition) is 13. The van der Waals surface area contributed by atoms with Gasteiger partial charge in [-0.2, -0.15) is 9.97 Å². The number of nitrogen functional groups attached to an aromatic ring is 2. The predicted octanol–water partition coefficient (Wildman–Crippen LogP) is -0.209. The van der Waals surface area contributed by atoms with E-state index in [0.29, 0.717) is 28.5 Å². The summed E-state index contributed by atoms with van der Waals surface area (Å²) in [4.78, 5) is 83.3. The van der Waals surface area contributed by atoms with Crippen LogP contribution in [0.4, 0.5) is 17.5 Å². The van der Waals surface area contributed by atoms with Crippen molar-refractivity contribution in [3.05, 3.63) is 41.7 Å². The molecule has 0 spiro atoms. The number of carbonyl (C=O) groups excluding carboxylic acids is 4. The summed E-state index contributed by atoms with van der Waals surface area (Å²) in [6, 6.07) is 4.93. The molecule has 208 valence electrons. The summed E-state index contributed by atoms with van der Waals surface area (Å²) >= 11 is 0. The van der Waals surface area contributed by atoms with Crippen LogP contribution in [0.2, 0.25) is 0 Å². The SMILES string of the molecule is CN(Cc1cnc2nc(N)nc(N)c2n1)c1ccc(C(=O)N[C@@H](CCC(=O)O)C(=O)ON2C(=O)CCC2=O)cc1. The van der Waals surface area contributed by atoms with Gasteiger partial charge in [0.05, 0.1) is 18.4 Å². The average Bonchev–Trinajstić information content (AvgIpc) is 3.23. The van der Waals surface area contributed by atoms with E-state index in [1.165, 1.54) is 18.3 Å². The number of hydroxylamine groups is 2. The molecule has 1 aromatic carbocycles. The standard InChI is InChI=1S/C24H25N9O7/c1-32(11-13-10-27-21-19(28-13)20(25)30-24(26)31-21)14-4-2-12(3-5-14)22(38)29-15(6-9-18(36)37)23(39)40-33-16(34)7-8-17(33)35/h2-5,10,15H,6-9,11H2,1H3,(H,29,38)(H,36,37)(H4,25,26,27,30,31)/t15-/m0/s1. The van der Waals surface area contributed by atoms with E-state index in [1.54, 1.807) is 19.2 Å². The lowest BCUT2D eigenvalue weighted by molar-refractivity contribution is -0.199. The molecule has 2 aromatic heterocycles. The minimum atomic E-state index is -1.41. The fraction of sp³-hybridized carbons (Fsp3) is 0.292. The van der Waals surface area contributed by atoms with Gasteiger partial charge in [-0.15, -0.1) is 5.06 Å². The molecule has 1 fully saturated rings. The van der Waals surface area contributed by atoms with Crippen LogP contribution in [-0.4, -0.2) is 72.9 Å². The van der Waals surface area contributed by atoms with Gasteiger partial charge in [0.1, 0.15) is 6.04 Å². The number of aliphatic carboxylic acids is 1. The first-order valence-electron chi connectivity index (χ1n) is 12.0. The normalized spacial score (nSPS) is 13.8. The van der Waals surface area contributed by atoms with Gasteiger partial charge in [-0.25, -0.2) is 14.8 Å². The molecule has 4 rings (SSSR count). The van der Waals surface area contributed by atoms with Gasteiger partial charge in [0.2, 0.25) is 5.95 Å². The van der Waals surface area contributed by atoms with Gasteiger partial charge in [0.25, 0.3) is 17.7 Å². The van der Waals surface area contributed by atoms with Crippen LogP contribution in [0, 0.1) is 0 Å². The summed E-state index contributed by atoms with van der Waals surface area (Å²) in [6.45, 7) is 0.329. The van der Waals surface area contributed by atoms with Crippen molar-refractivity contribution in [3.63, 3.8) is 0 Å². The number of nitrogens with two attached hydrogens (primary N) is 2. The number of amides is 3. The number of nitrogens with zero attached hydrogens (tertiary/aromatic N) is 6. The number of aromatic nitrogens is 4. The van der Waals surface area contributed by atoms with Crippen molar-refractivity contribution < 1.29 is 33.9 Å². The predicted molar refractivity (Wildman–Crippen MR) is 138 cm³/mol. The van der Waals surface area contributed by atoms with Crippen molar-refractivity contribution in [2.75, 3.05) is 23.4 Å². The Hall–Kier alpha value is -5.41. The van der Waals surface area contributed by atoms with Gasteiger partial charge in [-0.3, -0.25) is 19.2 Å². The maximum absolute atomic E-state index is 12.8. The second-order valence-electron chi connectivity index (χ2n) is 8.85. The highest BCUT2D eigenvalue weighted by Crippen LogP contribution is 2.19. The fourth-order valence-corrected chi connectivity index (χ4v) is 3.83. The summed E-state index contributed by atoms with van der Waals surface area (Å²) in [5, 5.41) is 11.8. The quantitative estimate of drug-likeness (QED) is 0.239. The molecule has 0 saturated carbocycles. The smallest absolute Gasteiger partial charge is 0.355 e. The number of hydrogen-bond donors (Lipinski definition) is 4. The van der Waals surface area contributed by atoms with Crippen molar-refractivity contribution in [1.82, 2.24) is 30.3 Å². The average molecular weight is 552 g/mol. The Morgan fingerprint density at radius 1 is 1.10 bits per heavy atom. The van der Waals surface area contributed by atoms with Gasteiger partial charge < -0.3 is 31.6 Å². The minimum absolute atomic E-state index is 0.00446. The molecule has 40 heavy (non-hydrogen) atoms. The van der Waals surface area contributed by atoms with Crippen LogP contribution in [0.5, 0.6) is 0 Å². The fourth-order valence-electron chi connectivity index (χ4n) is 3.83. The Kier molecular flexibility index (Phi) is 7.97. The third-order valence-electron chi connectivity index (χ3n) is 5.89. The van der Waals surface area contributed by atoms with Crippen LogP contribution >= 0.6 is 0 Å². The third kappa shape index (κ3) is 6.35. The van der Waals surface area contributed by atoms with Crippen LogP contribution in [0.25, 0.3) is 11.2 Å². The van der Waals surface area contributed by atoms with E-state index in [2.05, 4.69) is 25.3 Å². The van der Waals surface area contributed by atoms with Crippen LogP contribution in [0.1, 0.15) is 41.7 Å². The highest BCUT2D eigenvalue weighted by Gasteiger charge is 2.35. The largest absolute Gasteiger partial charge is 0.481 e. The topological polar surface area (TPSA) is 237 Å². The second-order valence-corrected chi connectivity index (χ2v) is 8.85. The van der Waals surface area contributed by atoms with E-state index in [-0.39, 0.29) is 42.2 Å². The first-order valence-corrected chi connectivity index (χ1v) is 12.0. The highest BCUT2D eigenvalue weighted by atomic mass is 16.7. The number of carboxylic acids is 1. The second kappa shape index (κ2) is 11.5. The molecule has 0 unspecified atom stereocenters. The lowest BCUT2D eigenvalue weighted by Crippen LogP contribution is -2.45. The molecule has 1 aliphatic heterocycles. The molecule has 16 heteroatoms. The van der Waals surface area contributed by atoms with Gasteiger partial charge >= 0.3 is 11.9 Å². The van der Waals surface area contributed by atoms with Gasteiger partial charge in [0, 0.05) is 37.6 Å². The molecule has 0 radical (unpaired) electrons. The molecule has 16 nitrogen and oxygen atoms in total. The molecule has 3 aromatic rings. The lowest BCUT2D eigenvalue weighted by atomic mass is 10.1. The minimum Gasteiger partial charge on any atom is -0.481 e. The number of rotatable bonds is 10. The van der Waals surface area contributed by atoms with Crippen molar-refractivity contribution in [1.29, 1.82) is 0 Å². The zero-order valence-corrected chi connectivity index (χ0v) is 21.2. The molecular weight excluding hydrogens is 526 g/mol. The van der Waals surface area contributed by atoms with Gasteiger partial charge in [0.15, 0.2) is 17.0 Å². The Morgan fingerprint density at radius 3 is 2.42 bits per heavy atom. The van der Waals surface area contributed by atoms with Crippen molar-refractivity contribution in [3.8, 4) is 0 Å². The Bertz CT molecular complexity index is 1480. The number of anilines is 3. The summed E-state index contributed by atoms with van der Waals surface area (Å²) in [5.74, 6) is -4.30. The Morgan fingerprint density at radius 2 is 1.77 bits per heavy atom. The first kappa shape index (κ1) is 27.6. The molecular formula is C24H25N9O7. The van der Waals surface area contributed by atoms with E-state index >= 15 is 0 Å². The van der Waals surface area contributed by atoms with Gasteiger partial charge in [-0.1, -0.05) is 0 Å². The zero-order chi connectivity index (χ0) is 29.0. The summed E-state index contributed by atoms with van der Waals surface area (Å²) in [5.41, 5.74) is 13.5. The third-order valence-corrected chi connectivity index (χ3v) is 5.89. The van der Waals surface area contributed by atoms with Crippen molar-refractivity contribution in [2.45, 2.75) is 38.3 Å². The summed E-state index contributed by atoms with van der Waals surface area (Å²) in [7, 11) is 1.79. The lowest BCUT2D eigenvalue weighted by Gasteiger charge is -2.21. The van der Waals surface area contributed by atoms with E-state index in [4.69, 9.17) is 21.4 Å². The van der Waals surface area contributed by atoms with Crippen molar-refractivity contribution in [2.24, 2.45) is 0 Å². The summed E-state index contributed by atoms with van der Waals surface area (Å²) in [6.07, 6.45) is 0.542. The van der Waals surface area contributed by atoms with Crippen LogP contribution in [0.3, 0.4) is 0 Å². The molecule has 1 atom stereocenters. The Balaban J connectivity index is 1.42. The Labute approximate surface area is 226 Å². The number of carboxylic acid groups (broad SMARTS) is 1. The van der Waals surface area contributed by atoms with Gasteiger partial charge in [-0.05, 0) is 30.7 Å². The summed E-state index contributed by atoms with van der Waals surface area (Å²) < 4.78 is 0. The number of nitrogens with one attached hydrogen (secondary N) is 1. The first-order chi connectivity index (χ1) is 19.0. The van der Waals surface area contributed by atoms with E-state index in [0.717, 1.165) is 0 Å². The maximum atomic E-state index is 12.8. The molecule has 1 saturated heterocycles.